The summed E-state index contributed by atoms with van der Waals surface area (Å²) in [5.41, 5.74) is 0. The van der Waals surface area contributed by atoms with Crippen LogP contribution in [0, 0.1) is 0 Å². The van der Waals surface area contributed by atoms with Crippen LogP contribution in [0.2, 0.25) is 0 Å². The number of methoxy groups -OCH3 is 2. The van der Waals surface area contributed by atoms with Gasteiger partial charge >= 0.3 is 5.97 Å². The van der Waals surface area contributed by atoms with Gasteiger partial charge in [-0.2, -0.15) is 0 Å². The molecule has 0 unspecified atom stereocenters. The van der Waals surface area contributed by atoms with Gasteiger partial charge in [0.25, 0.3) is 0 Å². The maximum absolute atomic E-state index is 12.1. The van der Waals surface area contributed by atoms with Crippen LogP contribution >= 0.6 is 23.7 Å². The number of rotatable bonds is 9. The van der Waals surface area contributed by atoms with Crippen LogP contribution in [0.4, 0.5) is 0 Å². The maximum atomic E-state index is 12.1. The third-order valence-corrected chi connectivity index (χ3v) is 4.89. The van der Waals surface area contributed by atoms with Gasteiger partial charge in [0.2, 0.25) is 10.0 Å². The standard InChI is InChI=1S/C11H18N2O5S2.ClH/c1-17-7-6-12-4-5-13-20(15,16)9-3-8-19-10(9)11(14)18-2;/h3,8,12-13H,4-7H2,1-2H3;1H. The highest BCUT2D eigenvalue weighted by Gasteiger charge is 2.23. The average molecular weight is 359 g/mol. The highest BCUT2D eigenvalue weighted by atomic mass is 35.5. The Morgan fingerprint density at radius 3 is 2.62 bits per heavy atom. The molecule has 0 aliphatic carbocycles. The first-order valence-electron chi connectivity index (χ1n) is 5.88. The highest BCUT2D eigenvalue weighted by molar-refractivity contribution is 7.89. The molecule has 0 atom stereocenters. The zero-order valence-corrected chi connectivity index (χ0v) is 14.2. The summed E-state index contributed by atoms with van der Waals surface area (Å²) in [6.45, 7) is 1.90. The Bertz CT molecular complexity index is 532. The molecule has 1 aromatic heterocycles. The summed E-state index contributed by atoms with van der Waals surface area (Å²) in [4.78, 5) is 11.5. The molecule has 1 rings (SSSR count). The van der Waals surface area contributed by atoms with Gasteiger partial charge in [0.1, 0.15) is 9.77 Å². The van der Waals surface area contributed by atoms with Gasteiger partial charge < -0.3 is 14.8 Å². The van der Waals surface area contributed by atoms with Gasteiger partial charge in [-0.25, -0.2) is 17.9 Å². The minimum absolute atomic E-state index is 0. The average Bonchev–Trinajstić information content (AvgIpc) is 2.92. The van der Waals surface area contributed by atoms with E-state index in [2.05, 4.69) is 14.8 Å². The molecule has 122 valence electrons. The number of hydrogen-bond acceptors (Lipinski definition) is 7. The SMILES string of the molecule is COCCNCCNS(=O)(=O)c1ccsc1C(=O)OC.Cl. The van der Waals surface area contributed by atoms with Crippen LogP contribution in [-0.2, 0) is 19.5 Å². The van der Waals surface area contributed by atoms with Gasteiger partial charge in [-0.15, -0.1) is 23.7 Å². The number of nitrogens with one attached hydrogen (secondary N) is 2. The summed E-state index contributed by atoms with van der Waals surface area (Å²) in [6.07, 6.45) is 0. The van der Waals surface area contributed by atoms with Crippen LogP contribution in [0.25, 0.3) is 0 Å². The van der Waals surface area contributed by atoms with Gasteiger partial charge in [-0.3, -0.25) is 0 Å². The number of hydrogen-bond donors (Lipinski definition) is 2. The fraction of sp³-hybridized carbons (Fsp3) is 0.545. The molecule has 1 heterocycles. The lowest BCUT2D eigenvalue weighted by molar-refractivity contribution is 0.0602. The number of thiophene rings is 1. The van der Waals surface area contributed by atoms with E-state index < -0.39 is 16.0 Å². The molecule has 0 aliphatic rings. The number of esters is 1. The van der Waals surface area contributed by atoms with E-state index in [4.69, 9.17) is 4.74 Å². The van der Waals surface area contributed by atoms with Crippen molar-refractivity contribution in [1.82, 2.24) is 10.0 Å². The van der Waals surface area contributed by atoms with E-state index in [-0.39, 0.29) is 28.7 Å². The zero-order chi connectivity index (χ0) is 15.0. The molecule has 21 heavy (non-hydrogen) atoms. The van der Waals surface area contributed by atoms with Crippen molar-refractivity contribution < 1.29 is 22.7 Å². The van der Waals surface area contributed by atoms with Crippen molar-refractivity contribution in [2.24, 2.45) is 0 Å². The second kappa shape index (κ2) is 10.1. The lowest BCUT2D eigenvalue weighted by Gasteiger charge is -2.07. The lowest BCUT2D eigenvalue weighted by Crippen LogP contribution is -2.33. The van der Waals surface area contributed by atoms with E-state index in [0.29, 0.717) is 19.7 Å². The first-order valence-corrected chi connectivity index (χ1v) is 8.24. The van der Waals surface area contributed by atoms with E-state index in [0.717, 1.165) is 11.3 Å². The monoisotopic (exact) mass is 358 g/mol. The normalized spacial score (nSPS) is 11.0. The summed E-state index contributed by atoms with van der Waals surface area (Å²) in [6, 6.07) is 1.39. The molecular weight excluding hydrogens is 340 g/mol. The second-order valence-electron chi connectivity index (χ2n) is 3.75. The topological polar surface area (TPSA) is 93.7 Å². The van der Waals surface area contributed by atoms with Crippen molar-refractivity contribution in [3.8, 4) is 0 Å². The third-order valence-electron chi connectivity index (χ3n) is 2.37. The molecule has 0 aliphatic heterocycles. The first kappa shape index (κ1) is 20.3. The molecule has 1 aromatic rings. The third kappa shape index (κ3) is 6.29. The molecule has 2 N–H and O–H groups in total. The van der Waals surface area contributed by atoms with Crippen molar-refractivity contribution >= 4 is 39.7 Å². The van der Waals surface area contributed by atoms with Crippen molar-refractivity contribution in [1.29, 1.82) is 0 Å². The molecule has 0 bridgehead atoms. The largest absolute Gasteiger partial charge is 0.465 e. The van der Waals surface area contributed by atoms with E-state index in [9.17, 15) is 13.2 Å². The van der Waals surface area contributed by atoms with Crippen molar-refractivity contribution in [2.45, 2.75) is 4.90 Å². The molecule has 0 spiro atoms. The predicted octanol–water partition coefficient (Wildman–Crippen LogP) is 0.471. The van der Waals surface area contributed by atoms with E-state index in [1.54, 1.807) is 7.11 Å². The van der Waals surface area contributed by atoms with Crippen LogP contribution in [-0.4, -0.2) is 54.8 Å². The maximum Gasteiger partial charge on any atom is 0.349 e. The fourth-order valence-electron chi connectivity index (χ4n) is 1.40. The molecule has 0 aromatic carbocycles. The molecular formula is C11H19ClN2O5S2. The lowest BCUT2D eigenvalue weighted by atomic mass is 10.5. The number of sulfonamides is 1. The number of ether oxygens (including phenoxy) is 2. The molecule has 0 saturated heterocycles. The van der Waals surface area contributed by atoms with E-state index in [1.165, 1.54) is 18.6 Å². The van der Waals surface area contributed by atoms with Crippen molar-refractivity contribution in [2.75, 3.05) is 40.5 Å². The summed E-state index contributed by atoms with van der Waals surface area (Å²) >= 11 is 1.03. The Hall–Kier alpha value is -0.710. The minimum atomic E-state index is -3.71. The molecule has 0 amide bonds. The minimum Gasteiger partial charge on any atom is -0.465 e. The molecule has 10 heteroatoms. The van der Waals surface area contributed by atoms with Crippen LogP contribution in [0.3, 0.4) is 0 Å². The Labute approximate surface area is 134 Å². The van der Waals surface area contributed by atoms with Crippen LogP contribution in [0.15, 0.2) is 16.3 Å². The number of carbonyl (C=O) groups excluding carboxylic acids is 1. The van der Waals surface area contributed by atoms with Crippen LogP contribution in [0.5, 0.6) is 0 Å². The summed E-state index contributed by atoms with van der Waals surface area (Å²) in [7, 11) is -0.901. The molecule has 7 nitrogen and oxygen atoms in total. The first-order chi connectivity index (χ1) is 9.53. The summed E-state index contributed by atoms with van der Waals surface area (Å²) in [5, 5.41) is 4.55. The van der Waals surface area contributed by atoms with Crippen LogP contribution < -0.4 is 10.0 Å². The highest BCUT2D eigenvalue weighted by Crippen LogP contribution is 2.22. The van der Waals surface area contributed by atoms with Crippen molar-refractivity contribution in [3.63, 3.8) is 0 Å². The van der Waals surface area contributed by atoms with Gasteiger partial charge in [-0.1, -0.05) is 0 Å². The van der Waals surface area contributed by atoms with Gasteiger partial charge in [0, 0.05) is 26.7 Å². The Morgan fingerprint density at radius 1 is 1.29 bits per heavy atom. The Kier molecular flexibility index (Phi) is 9.75. The van der Waals surface area contributed by atoms with Gasteiger partial charge in [0.15, 0.2) is 0 Å². The Morgan fingerprint density at radius 2 is 2.00 bits per heavy atom. The van der Waals surface area contributed by atoms with Gasteiger partial charge in [-0.05, 0) is 11.4 Å². The molecule has 0 saturated carbocycles. The van der Waals surface area contributed by atoms with Crippen molar-refractivity contribution in [3.05, 3.63) is 16.3 Å². The van der Waals surface area contributed by atoms with E-state index >= 15 is 0 Å². The van der Waals surface area contributed by atoms with Crippen LogP contribution in [0.1, 0.15) is 9.67 Å². The van der Waals surface area contributed by atoms with Gasteiger partial charge in [0.05, 0.1) is 13.7 Å². The smallest absolute Gasteiger partial charge is 0.349 e. The number of carbonyl (C=O) groups is 1. The van der Waals surface area contributed by atoms with E-state index in [1.807, 2.05) is 0 Å². The zero-order valence-electron chi connectivity index (χ0n) is 11.7. The molecule has 0 radical (unpaired) electrons. The summed E-state index contributed by atoms with van der Waals surface area (Å²) in [5.74, 6) is -0.654. The predicted molar refractivity (Wildman–Crippen MR) is 82.8 cm³/mol. The number of halogens is 1. The Balaban J connectivity index is 0.00000400. The second-order valence-corrected chi connectivity index (χ2v) is 6.40. The summed E-state index contributed by atoms with van der Waals surface area (Å²) < 4.78 is 35.9. The quantitative estimate of drug-likeness (QED) is 0.492. The molecule has 0 fully saturated rings. The fourth-order valence-corrected chi connectivity index (χ4v) is 3.77.